The second-order valence-corrected chi connectivity index (χ2v) is 6.62. The van der Waals surface area contributed by atoms with Crippen molar-refractivity contribution in [2.24, 2.45) is 5.92 Å². The molecule has 2 saturated heterocycles. The van der Waals surface area contributed by atoms with Crippen LogP contribution in [0.25, 0.3) is 0 Å². The summed E-state index contributed by atoms with van der Waals surface area (Å²) < 4.78 is 5.38. The summed E-state index contributed by atoms with van der Waals surface area (Å²) in [5, 5.41) is 3.04. The van der Waals surface area contributed by atoms with E-state index in [2.05, 4.69) is 41.4 Å². The molecule has 1 N–H and O–H groups in total. The molecule has 1 aromatic carbocycles. The van der Waals surface area contributed by atoms with Gasteiger partial charge in [0, 0.05) is 38.4 Å². The Balaban J connectivity index is 1.49. The minimum atomic E-state index is 0.0637. The van der Waals surface area contributed by atoms with Gasteiger partial charge in [-0.15, -0.1) is 0 Å². The first-order chi connectivity index (χ1) is 11.2. The van der Waals surface area contributed by atoms with Crippen molar-refractivity contribution in [2.75, 3.05) is 44.3 Å². The van der Waals surface area contributed by atoms with Crippen LogP contribution < -0.4 is 10.2 Å². The van der Waals surface area contributed by atoms with E-state index in [9.17, 15) is 4.79 Å². The Kier molecular flexibility index (Phi) is 5.39. The molecule has 0 aromatic heterocycles. The van der Waals surface area contributed by atoms with E-state index < -0.39 is 0 Å². The molecule has 2 fully saturated rings. The number of amides is 2. The van der Waals surface area contributed by atoms with Crippen LogP contribution in [0.2, 0.25) is 0 Å². The Hall–Kier alpha value is -1.75. The van der Waals surface area contributed by atoms with Crippen LogP contribution in [-0.2, 0) is 11.3 Å². The van der Waals surface area contributed by atoms with E-state index in [1.807, 2.05) is 4.90 Å². The average Bonchev–Trinajstić information content (AvgIpc) is 2.61. The van der Waals surface area contributed by atoms with Gasteiger partial charge in [0.05, 0.1) is 13.2 Å². The van der Waals surface area contributed by atoms with Crippen molar-refractivity contribution >= 4 is 11.7 Å². The van der Waals surface area contributed by atoms with Gasteiger partial charge in [0.15, 0.2) is 0 Å². The van der Waals surface area contributed by atoms with Crippen molar-refractivity contribution in [1.82, 2.24) is 10.2 Å². The third-order valence-corrected chi connectivity index (χ3v) is 4.70. The van der Waals surface area contributed by atoms with Gasteiger partial charge in [-0.05, 0) is 36.5 Å². The number of nitrogens with one attached hydrogen (secondary N) is 1. The van der Waals surface area contributed by atoms with Gasteiger partial charge in [-0.1, -0.05) is 19.1 Å². The molecule has 2 amide bonds. The fourth-order valence-electron chi connectivity index (χ4n) is 3.31. The summed E-state index contributed by atoms with van der Waals surface area (Å²) in [6, 6.07) is 8.54. The highest BCUT2D eigenvalue weighted by Crippen LogP contribution is 2.17. The zero-order valence-electron chi connectivity index (χ0n) is 14.0. The van der Waals surface area contributed by atoms with E-state index in [0.717, 1.165) is 51.4 Å². The lowest BCUT2D eigenvalue weighted by Gasteiger charge is -2.31. The van der Waals surface area contributed by atoms with Gasteiger partial charge in [-0.2, -0.15) is 0 Å². The number of hydrogen-bond acceptors (Lipinski definition) is 3. The highest BCUT2D eigenvalue weighted by molar-refractivity contribution is 5.74. The van der Waals surface area contributed by atoms with Crippen molar-refractivity contribution in [3.05, 3.63) is 29.8 Å². The van der Waals surface area contributed by atoms with Gasteiger partial charge in [0.25, 0.3) is 0 Å². The minimum absolute atomic E-state index is 0.0637. The number of likely N-dealkylation sites (tertiary alicyclic amines) is 1. The summed E-state index contributed by atoms with van der Waals surface area (Å²) in [5.41, 5.74) is 2.37. The van der Waals surface area contributed by atoms with Crippen LogP contribution in [0.3, 0.4) is 0 Å². The normalized spacial score (nSPS) is 22.0. The average molecular weight is 317 g/mol. The van der Waals surface area contributed by atoms with Crippen molar-refractivity contribution in [1.29, 1.82) is 0 Å². The Morgan fingerprint density at radius 3 is 2.65 bits per heavy atom. The number of hydrogen-bond donors (Lipinski definition) is 1. The Bertz CT molecular complexity index is 512. The molecule has 0 radical (unpaired) electrons. The second kappa shape index (κ2) is 7.68. The number of rotatable bonds is 3. The molecular formula is C18H27N3O2. The molecule has 0 saturated carbocycles. The lowest BCUT2D eigenvalue weighted by molar-refractivity contribution is 0.122. The van der Waals surface area contributed by atoms with Gasteiger partial charge in [-0.3, -0.25) is 0 Å². The summed E-state index contributed by atoms with van der Waals surface area (Å²) in [6.07, 6.45) is 2.34. The van der Waals surface area contributed by atoms with Crippen LogP contribution in [0.4, 0.5) is 10.5 Å². The quantitative estimate of drug-likeness (QED) is 0.931. The monoisotopic (exact) mass is 317 g/mol. The molecule has 5 heteroatoms. The lowest BCUT2D eigenvalue weighted by atomic mass is 10.0. The maximum atomic E-state index is 12.2. The number of ether oxygens (including phenoxy) is 1. The standard InChI is InChI=1S/C18H27N3O2/c1-15-3-2-8-21(14-15)18(22)19-13-16-4-6-17(7-5-16)20-9-11-23-12-10-20/h4-7,15H,2-3,8-14H2,1H3,(H,19,22). The molecule has 1 unspecified atom stereocenters. The molecule has 5 nitrogen and oxygen atoms in total. The highest BCUT2D eigenvalue weighted by Gasteiger charge is 2.20. The van der Waals surface area contributed by atoms with E-state index in [1.165, 1.54) is 12.1 Å². The third kappa shape index (κ3) is 4.38. The van der Waals surface area contributed by atoms with Crippen LogP contribution in [0.5, 0.6) is 0 Å². The summed E-state index contributed by atoms with van der Waals surface area (Å²) in [5.74, 6) is 0.613. The topological polar surface area (TPSA) is 44.8 Å². The third-order valence-electron chi connectivity index (χ3n) is 4.70. The fraction of sp³-hybridized carbons (Fsp3) is 0.611. The number of anilines is 1. The van der Waals surface area contributed by atoms with Crippen molar-refractivity contribution in [3.63, 3.8) is 0 Å². The summed E-state index contributed by atoms with van der Waals surface area (Å²) >= 11 is 0. The molecule has 2 aliphatic rings. The predicted octanol–water partition coefficient (Wildman–Crippen LogP) is 2.46. The first kappa shape index (κ1) is 16.1. The van der Waals surface area contributed by atoms with Gasteiger partial charge in [-0.25, -0.2) is 4.79 Å². The van der Waals surface area contributed by atoms with Crippen LogP contribution in [0.1, 0.15) is 25.3 Å². The molecule has 2 heterocycles. The van der Waals surface area contributed by atoms with E-state index in [4.69, 9.17) is 4.74 Å². The van der Waals surface area contributed by atoms with Crippen molar-refractivity contribution in [2.45, 2.75) is 26.3 Å². The lowest BCUT2D eigenvalue weighted by Crippen LogP contribution is -2.44. The van der Waals surface area contributed by atoms with Crippen LogP contribution in [0, 0.1) is 5.92 Å². The number of nitrogens with zero attached hydrogens (tertiary/aromatic N) is 2. The first-order valence-corrected chi connectivity index (χ1v) is 8.67. The molecule has 2 aliphatic heterocycles. The maximum Gasteiger partial charge on any atom is 0.317 e. The van der Waals surface area contributed by atoms with Crippen LogP contribution in [0.15, 0.2) is 24.3 Å². The van der Waals surface area contributed by atoms with Gasteiger partial charge < -0.3 is 19.9 Å². The number of urea groups is 1. The molecule has 1 atom stereocenters. The molecule has 1 aromatic rings. The number of carbonyl (C=O) groups is 1. The highest BCUT2D eigenvalue weighted by atomic mass is 16.5. The van der Waals surface area contributed by atoms with Crippen LogP contribution >= 0.6 is 0 Å². The first-order valence-electron chi connectivity index (χ1n) is 8.67. The summed E-state index contributed by atoms with van der Waals surface area (Å²) in [7, 11) is 0. The summed E-state index contributed by atoms with van der Waals surface area (Å²) in [6.45, 7) is 8.05. The predicted molar refractivity (Wildman–Crippen MR) is 91.7 cm³/mol. The second-order valence-electron chi connectivity index (χ2n) is 6.62. The molecule has 23 heavy (non-hydrogen) atoms. The van der Waals surface area contributed by atoms with Gasteiger partial charge in [0.2, 0.25) is 0 Å². The molecule has 126 valence electrons. The fourth-order valence-corrected chi connectivity index (χ4v) is 3.31. The minimum Gasteiger partial charge on any atom is -0.378 e. The zero-order valence-corrected chi connectivity index (χ0v) is 14.0. The molecule has 0 spiro atoms. The zero-order chi connectivity index (χ0) is 16.1. The summed E-state index contributed by atoms with van der Waals surface area (Å²) in [4.78, 5) is 16.5. The number of piperidine rings is 1. The maximum absolute atomic E-state index is 12.2. The Morgan fingerprint density at radius 1 is 1.22 bits per heavy atom. The Labute approximate surface area is 138 Å². The van der Waals surface area contributed by atoms with Crippen molar-refractivity contribution < 1.29 is 9.53 Å². The SMILES string of the molecule is CC1CCCN(C(=O)NCc2ccc(N3CCOCC3)cc2)C1. The number of morpholine rings is 1. The van der Waals surface area contributed by atoms with Crippen LogP contribution in [-0.4, -0.2) is 50.3 Å². The largest absolute Gasteiger partial charge is 0.378 e. The smallest absolute Gasteiger partial charge is 0.317 e. The van der Waals surface area contributed by atoms with E-state index in [-0.39, 0.29) is 6.03 Å². The van der Waals surface area contributed by atoms with Gasteiger partial charge in [0.1, 0.15) is 0 Å². The Morgan fingerprint density at radius 2 is 1.96 bits per heavy atom. The molecular weight excluding hydrogens is 290 g/mol. The molecule has 0 aliphatic carbocycles. The van der Waals surface area contributed by atoms with E-state index in [1.54, 1.807) is 0 Å². The molecule has 0 bridgehead atoms. The molecule has 3 rings (SSSR count). The van der Waals surface area contributed by atoms with Gasteiger partial charge >= 0.3 is 6.03 Å². The van der Waals surface area contributed by atoms with Crippen molar-refractivity contribution in [3.8, 4) is 0 Å². The number of benzene rings is 1. The van der Waals surface area contributed by atoms with E-state index in [0.29, 0.717) is 12.5 Å². The number of carbonyl (C=O) groups excluding carboxylic acids is 1. The van der Waals surface area contributed by atoms with E-state index >= 15 is 0 Å².